The van der Waals surface area contributed by atoms with Gasteiger partial charge in [-0.05, 0) is 19.7 Å². The Bertz CT molecular complexity index is 304. The fourth-order valence-electron chi connectivity index (χ4n) is 1.39. The zero-order chi connectivity index (χ0) is 11.8. The van der Waals surface area contributed by atoms with Crippen LogP contribution in [0.25, 0.3) is 0 Å². The minimum Gasteiger partial charge on any atom is -0.495 e. The lowest BCUT2D eigenvalue weighted by Crippen LogP contribution is -2.28. The summed E-state index contributed by atoms with van der Waals surface area (Å²) >= 11 is 0. The van der Waals surface area contributed by atoms with Crippen LogP contribution in [0.4, 0.5) is 0 Å². The van der Waals surface area contributed by atoms with Crippen molar-refractivity contribution >= 4 is 0 Å². The van der Waals surface area contributed by atoms with Crippen molar-refractivity contribution < 1.29 is 4.74 Å². The lowest BCUT2D eigenvalue weighted by Gasteiger charge is -2.14. The molecule has 0 saturated heterocycles. The van der Waals surface area contributed by atoms with Crippen LogP contribution in [-0.2, 0) is 6.54 Å². The molecule has 1 aromatic heterocycles. The van der Waals surface area contributed by atoms with Crippen molar-refractivity contribution in [3.63, 3.8) is 0 Å². The maximum atomic E-state index is 5.23. The standard InChI is InChI=1S/C12H21N3O/c1-4-15(2)8-7-14-9-11-5-6-13-10-12(11)16-3/h5-6,10,14H,4,7-9H2,1-3H3. The Morgan fingerprint density at radius 1 is 1.50 bits per heavy atom. The van der Waals surface area contributed by atoms with Crippen molar-refractivity contribution in [1.82, 2.24) is 15.2 Å². The largest absolute Gasteiger partial charge is 0.495 e. The number of methoxy groups -OCH3 is 1. The lowest BCUT2D eigenvalue weighted by molar-refractivity contribution is 0.347. The molecule has 0 unspecified atom stereocenters. The van der Waals surface area contributed by atoms with E-state index in [1.165, 1.54) is 0 Å². The highest BCUT2D eigenvalue weighted by Crippen LogP contribution is 2.14. The van der Waals surface area contributed by atoms with Gasteiger partial charge in [0.2, 0.25) is 0 Å². The Hall–Kier alpha value is -1.13. The SMILES string of the molecule is CCN(C)CCNCc1ccncc1OC. The number of hydrogen-bond acceptors (Lipinski definition) is 4. The molecule has 4 nitrogen and oxygen atoms in total. The highest BCUT2D eigenvalue weighted by molar-refractivity contribution is 5.29. The number of nitrogens with one attached hydrogen (secondary N) is 1. The van der Waals surface area contributed by atoms with Gasteiger partial charge in [0.25, 0.3) is 0 Å². The minimum absolute atomic E-state index is 0.823. The van der Waals surface area contributed by atoms with Crippen LogP contribution in [0.15, 0.2) is 18.5 Å². The molecule has 0 bridgehead atoms. The first-order valence-electron chi connectivity index (χ1n) is 5.64. The molecule has 0 atom stereocenters. The van der Waals surface area contributed by atoms with E-state index in [1.807, 2.05) is 6.07 Å². The molecule has 0 spiro atoms. The summed E-state index contributed by atoms with van der Waals surface area (Å²) in [5.41, 5.74) is 1.15. The highest BCUT2D eigenvalue weighted by atomic mass is 16.5. The summed E-state index contributed by atoms with van der Waals surface area (Å²) in [7, 11) is 3.79. The van der Waals surface area contributed by atoms with Gasteiger partial charge in [-0.2, -0.15) is 0 Å². The van der Waals surface area contributed by atoms with Gasteiger partial charge in [-0.15, -0.1) is 0 Å². The second kappa shape index (κ2) is 7.19. The van der Waals surface area contributed by atoms with Crippen LogP contribution in [0.1, 0.15) is 12.5 Å². The average Bonchev–Trinajstić information content (AvgIpc) is 2.34. The van der Waals surface area contributed by atoms with Crippen LogP contribution in [-0.4, -0.2) is 43.7 Å². The fourth-order valence-corrected chi connectivity index (χ4v) is 1.39. The quantitative estimate of drug-likeness (QED) is 0.703. The van der Waals surface area contributed by atoms with E-state index in [1.54, 1.807) is 19.5 Å². The van der Waals surface area contributed by atoms with E-state index in [-0.39, 0.29) is 0 Å². The van der Waals surface area contributed by atoms with E-state index >= 15 is 0 Å². The van der Waals surface area contributed by atoms with E-state index in [9.17, 15) is 0 Å². The van der Waals surface area contributed by atoms with Crippen molar-refractivity contribution in [2.45, 2.75) is 13.5 Å². The molecule has 1 rings (SSSR count). The number of hydrogen-bond donors (Lipinski definition) is 1. The molecular formula is C12H21N3O. The first-order valence-corrected chi connectivity index (χ1v) is 5.64. The molecule has 0 amide bonds. The molecule has 1 heterocycles. The molecule has 1 aromatic rings. The number of rotatable bonds is 7. The molecule has 90 valence electrons. The van der Waals surface area contributed by atoms with Crippen molar-refractivity contribution in [1.29, 1.82) is 0 Å². The first-order chi connectivity index (χ1) is 7.77. The Labute approximate surface area is 97.6 Å². The second-order valence-corrected chi connectivity index (χ2v) is 3.76. The van der Waals surface area contributed by atoms with Gasteiger partial charge in [0, 0.05) is 31.4 Å². The van der Waals surface area contributed by atoms with Crippen molar-refractivity contribution in [3.8, 4) is 5.75 Å². The molecule has 0 aromatic carbocycles. The Morgan fingerprint density at radius 2 is 2.31 bits per heavy atom. The summed E-state index contributed by atoms with van der Waals surface area (Å²) < 4.78 is 5.23. The third kappa shape index (κ3) is 4.16. The Morgan fingerprint density at radius 3 is 3.00 bits per heavy atom. The minimum atomic E-state index is 0.823. The summed E-state index contributed by atoms with van der Waals surface area (Å²) in [6.45, 7) is 6.11. The summed E-state index contributed by atoms with van der Waals surface area (Å²) in [5, 5.41) is 3.39. The maximum absolute atomic E-state index is 5.23. The zero-order valence-corrected chi connectivity index (χ0v) is 10.4. The van der Waals surface area contributed by atoms with Gasteiger partial charge in [0.05, 0.1) is 13.3 Å². The van der Waals surface area contributed by atoms with E-state index in [2.05, 4.69) is 29.2 Å². The van der Waals surface area contributed by atoms with Crippen molar-refractivity contribution in [2.24, 2.45) is 0 Å². The third-order valence-electron chi connectivity index (χ3n) is 2.62. The van der Waals surface area contributed by atoms with Crippen LogP contribution in [0.2, 0.25) is 0 Å². The van der Waals surface area contributed by atoms with Gasteiger partial charge in [-0.3, -0.25) is 4.98 Å². The summed E-state index contributed by atoms with van der Waals surface area (Å²) in [6, 6.07) is 1.98. The van der Waals surface area contributed by atoms with Crippen LogP contribution in [0.3, 0.4) is 0 Å². The van der Waals surface area contributed by atoms with E-state index in [0.717, 1.165) is 37.5 Å². The maximum Gasteiger partial charge on any atom is 0.141 e. The van der Waals surface area contributed by atoms with Gasteiger partial charge in [-0.1, -0.05) is 6.92 Å². The first kappa shape index (κ1) is 12.9. The van der Waals surface area contributed by atoms with E-state index < -0.39 is 0 Å². The smallest absolute Gasteiger partial charge is 0.141 e. The Kier molecular flexibility index (Phi) is 5.82. The van der Waals surface area contributed by atoms with E-state index in [4.69, 9.17) is 4.74 Å². The molecule has 0 aliphatic carbocycles. The van der Waals surface area contributed by atoms with Crippen molar-refractivity contribution in [2.75, 3.05) is 33.8 Å². The molecule has 0 aliphatic heterocycles. The van der Waals surface area contributed by atoms with Crippen LogP contribution < -0.4 is 10.1 Å². The number of aromatic nitrogens is 1. The summed E-state index contributed by atoms with van der Waals surface area (Å²) in [5.74, 6) is 0.846. The molecule has 16 heavy (non-hydrogen) atoms. The van der Waals surface area contributed by atoms with Gasteiger partial charge >= 0.3 is 0 Å². The topological polar surface area (TPSA) is 37.4 Å². The lowest BCUT2D eigenvalue weighted by atomic mass is 10.2. The Balaban J connectivity index is 2.31. The van der Waals surface area contributed by atoms with Gasteiger partial charge < -0.3 is 15.0 Å². The van der Waals surface area contributed by atoms with Crippen LogP contribution >= 0.6 is 0 Å². The summed E-state index contributed by atoms with van der Waals surface area (Å²) in [4.78, 5) is 6.30. The van der Waals surface area contributed by atoms with Gasteiger partial charge in [0.1, 0.15) is 5.75 Å². The zero-order valence-electron chi connectivity index (χ0n) is 10.4. The number of likely N-dealkylation sites (N-methyl/N-ethyl adjacent to an activating group) is 1. The predicted molar refractivity (Wildman–Crippen MR) is 65.7 cm³/mol. The molecule has 1 N–H and O–H groups in total. The molecule has 4 heteroatoms. The van der Waals surface area contributed by atoms with Crippen molar-refractivity contribution in [3.05, 3.63) is 24.0 Å². The number of pyridine rings is 1. The molecule has 0 fully saturated rings. The van der Waals surface area contributed by atoms with Crippen LogP contribution in [0.5, 0.6) is 5.75 Å². The molecule has 0 radical (unpaired) electrons. The predicted octanol–water partition coefficient (Wildman–Crippen LogP) is 1.13. The van der Waals surface area contributed by atoms with E-state index in [0.29, 0.717) is 0 Å². The molecular weight excluding hydrogens is 202 g/mol. The average molecular weight is 223 g/mol. The normalized spacial score (nSPS) is 10.8. The second-order valence-electron chi connectivity index (χ2n) is 3.76. The fraction of sp³-hybridized carbons (Fsp3) is 0.583. The number of nitrogens with zero attached hydrogens (tertiary/aromatic N) is 2. The highest BCUT2D eigenvalue weighted by Gasteiger charge is 2.01. The molecule has 0 aliphatic rings. The summed E-state index contributed by atoms with van der Waals surface area (Å²) in [6.07, 6.45) is 3.53. The molecule has 0 saturated carbocycles. The van der Waals surface area contributed by atoms with Gasteiger partial charge in [-0.25, -0.2) is 0 Å². The third-order valence-corrected chi connectivity index (χ3v) is 2.62. The van der Waals surface area contributed by atoms with Crippen LogP contribution in [0, 0.1) is 0 Å². The number of ether oxygens (including phenoxy) is 1. The van der Waals surface area contributed by atoms with Gasteiger partial charge in [0.15, 0.2) is 0 Å². The monoisotopic (exact) mass is 223 g/mol.